The maximum atomic E-state index is 11.8. The molecule has 0 aliphatic heterocycles. The van der Waals surface area contributed by atoms with E-state index in [-0.39, 0.29) is 4.75 Å². The van der Waals surface area contributed by atoms with Gasteiger partial charge in [0.2, 0.25) is 0 Å². The summed E-state index contributed by atoms with van der Waals surface area (Å²) in [6.45, 7) is 5.62. The van der Waals surface area contributed by atoms with E-state index < -0.39 is 11.4 Å². The van der Waals surface area contributed by atoms with Crippen molar-refractivity contribution in [2.24, 2.45) is 4.40 Å². The number of hydrogen-bond donors (Lipinski definition) is 0. The van der Waals surface area contributed by atoms with Crippen molar-refractivity contribution in [1.29, 1.82) is 0 Å². The Hall–Kier alpha value is -1.59. The molecule has 0 radical (unpaired) electrons. The van der Waals surface area contributed by atoms with E-state index in [1.165, 1.54) is 6.21 Å². The Bertz CT molecular complexity index is 558. The van der Waals surface area contributed by atoms with Crippen molar-refractivity contribution in [2.45, 2.75) is 25.5 Å². The number of rotatable bonds is 3. The molecular formula is C14H16N2O2S. The van der Waals surface area contributed by atoms with E-state index in [1.807, 2.05) is 51.1 Å². The molecule has 1 aromatic heterocycles. The lowest BCUT2D eigenvalue weighted by Gasteiger charge is -2.17. The Morgan fingerprint density at radius 1 is 1.26 bits per heavy atom. The first-order valence-corrected chi connectivity index (χ1v) is 7.06. The molecule has 1 atom stereocenters. The van der Waals surface area contributed by atoms with Crippen molar-refractivity contribution in [2.75, 3.05) is 0 Å². The second kappa shape index (κ2) is 5.59. The summed E-state index contributed by atoms with van der Waals surface area (Å²) in [5, 5.41) is 3.89. The molecule has 0 bridgehead atoms. The third-order valence-corrected chi connectivity index (χ3v) is 3.74. The van der Waals surface area contributed by atoms with Crippen LogP contribution in [-0.4, -0.2) is 20.7 Å². The molecular weight excluding hydrogens is 260 g/mol. The molecule has 2 aromatic rings. The highest BCUT2D eigenvalue weighted by molar-refractivity contribution is 7.91. The van der Waals surface area contributed by atoms with Crippen LogP contribution in [0.15, 0.2) is 45.3 Å². The van der Waals surface area contributed by atoms with Crippen LogP contribution in [0.4, 0.5) is 0 Å². The summed E-state index contributed by atoms with van der Waals surface area (Å²) in [6.07, 6.45) is 1.48. The summed E-state index contributed by atoms with van der Waals surface area (Å²) in [6, 6.07) is 11.5. The van der Waals surface area contributed by atoms with Gasteiger partial charge < -0.3 is 9.08 Å². The first-order valence-electron chi connectivity index (χ1n) is 5.95. The lowest BCUT2D eigenvalue weighted by molar-refractivity contribution is 0.431. The molecule has 0 saturated carbocycles. The fraction of sp³-hybridized carbons (Fsp3) is 0.286. The third kappa shape index (κ3) is 3.68. The van der Waals surface area contributed by atoms with Gasteiger partial charge in [-0.05, 0) is 20.8 Å². The summed E-state index contributed by atoms with van der Waals surface area (Å²) in [5.41, 5.74) is 1.52. The van der Waals surface area contributed by atoms with Crippen LogP contribution in [0.25, 0.3) is 11.3 Å². The van der Waals surface area contributed by atoms with Crippen molar-refractivity contribution in [3.05, 3.63) is 42.1 Å². The number of nitrogens with zero attached hydrogens (tertiary/aromatic N) is 2. The summed E-state index contributed by atoms with van der Waals surface area (Å²) < 4.78 is 20.6. The molecule has 100 valence electrons. The van der Waals surface area contributed by atoms with E-state index in [2.05, 4.69) is 9.55 Å². The van der Waals surface area contributed by atoms with Gasteiger partial charge in [0, 0.05) is 11.6 Å². The van der Waals surface area contributed by atoms with Gasteiger partial charge in [-0.25, -0.2) is 0 Å². The van der Waals surface area contributed by atoms with Gasteiger partial charge in [0.15, 0.2) is 5.76 Å². The highest BCUT2D eigenvalue weighted by Crippen LogP contribution is 2.20. The van der Waals surface area contributed by atoms with E-state index in [9.17, 15) is 4.55 Å². The Balaban J connectivity index is 2.12. The van der Waals surface area contributed by atoms with Crippen LogP contribution in [0.2, 0.25) is 0 Å². The Morgan fingerprint density at radius 2 is 1.95 bits per heavy atom. The lowest BCUT2D eigenvalue weighted by atomic mass is 10.2. The van der Waals surface area contributed by atoms with Gasteiger partial charge >= 0.3 is 0 Å². The van der Waals surface area contributed by atoms with E-state index in [0.717, 1.165) is 5.56 Å². The average molecular weight is 276 g/mol. The van der Waals surface area contributed by atoms with Gasteiger partial charge in [0.05, 0.1) is 0 Å². The van der Waals surface area contributed by atoms with Crippen molar-refractivity contribution >= 4 is 17.6 Å². The van der Waals surface area contributed by atoms with Gasteiger partial charge in [-0.2, -0.15) is 0 Å². The minimum atomic E-state index is -1.29. The molecule has 0 fully saturated rings. The van der Waals surface area contributed by atoms with E-state index in [4.69, 9.17) is 4.52 Å². The normalized spacial score (nSPS) is 13.9. The molecule has 2 rings (SSSR count). The molecule has 0 aliphatic rings. The summed E-state index contributed by atoms with van der Waals surface area (Å²) in [7, 11) is 0. The fourth-order valence-electron chi connectivity index (χ4n) is 1.35. The second-order valence-corrected chi connectivity index (χ2v) is 7.01. The average Bonchev–Trinajstić information content (AvgIpc) is 2.84. The van der Waals surface area contributed by atoms with Crippen LogP contribution in [-0.2, 0) is 11.4 Å². The van der Waals surface area contributed by atoms with Crippen molar-refractivity contribution < 1.29 is 9.08 Å². The second-order valence-electron chi connectivity index (χ2n) is 5.08. The number of benzene rings is 1. The zero-order chi connectivity index (χ0) is 13.9. The first kappa shape index (κ1) is 13.8. The topological polar surface area (TPSA) is 61.5 Å². The molecule has 0 aliphatic carbocycles. The summed E-state index contributed by atoms with van der Waals surface area (Å²) in [5.74, 6) is 0.670. The van der Waals surface area contributed by atoms with Crippen molar-refractivity contribution in [3.63, 3.8) is 0 Å². The largest absolute Gasteiger partial charge is 0.591 e. The van der Waals surface area contributed by atoms with Gasteiger partial charge in [0.25, 0.3) is 0 Å². The van der Waals surface area contributed by atoms with Gasteiger partial charge in [-0.15, -0.1) is 0 Å². The predicted octanol–water partition coefficient (Wildman–Crippen LogP) is 3.22. The highest BCUT2D eigenvalue weighted by Gasteiger charge is 2.25. The van der Waals surface area contributed by atoms with Crippen LogP contribution < -0.4 is 0 Å². The molecule has 0 spiro atoms. The quantitative estimate of drug-likeness (QED) is 0.638. The van der Waals surface area contributed by atoms with Gasteiger partial charge in [-0.3, -0.25) is 0 Å². The zero-order valence-corrected chi connectivity index (χ0v) is 12.0. The van der Waals surface area contributed by atoms with Crippen molar-refractivity contribution in [1.82, 2.24) is 5.16 Å². The van der Waals surface area contributed by atoms with Crippen LogP contribution >= 0.6 is 0 Å². The molecule has 19 heavy (non-hydrogen) atoms. The summed E-state index contributed by atoms with van der Waals surface area (Å²) in [4.78, 5) is 0. The maximum absolute atomic E-state index is 11.8. The van der Waals surface area contributed by atoms with Crippen molar-refractivity contribution in [3.8, 4) is 11.3 Å². The maximum Gasteiger partial charge on any atom is 0.167 e. The fourth-order valence-corrected chi connectivity index (χ4v) is 1.87. The number of aromatic nitrogens is 1. The predicted molar refractivity (Wildman–Crippen MR) is 77.4 cm³/mol. The standard InChI is InChI=1S/C14H16N2O2S/c1-14(2,3)19(17)15-10-12-9-13(18-16-12)11-7-5-4-6-8-11/h4-10H,1-3H3/b15-10+/t19-/m1/s1. The minimum absolute atomic E-state index is 0.373. The monoisotopic (exact) mass is 276 g/mol. The molecule has 0 N–H and O–H groups in total. The van der Waals surface area contributed by atoms with Crippen LogP contribution in [0.5, 0.6) is 0 Å². The lowest BCUT2D eigenvalue weighted by Crippen LogP contribution is -2.25. The van der Waals surface area contributed by atoms with E-state index in [1.54, 1.807) is 6.07 Å². The van der Waals surface area contributed by atoms with Crippen LogP contribution in [0.1, 0.15) is 26.5 Å². The van der Waals surface area contributed by atoms with Gasteiger partial charge in [0.1, 0.15) is 28.0 Å². The Morgan fingerprint density at radius 3 is 2.58 bits per heavy atom. The molecule has 1 heterocycles. The highest BCUT2D eigenvalue weighted by atomic mass is 32.2. The molecule has 4 nitrogen and oxygen atoms in total. The smallest absolute Gasteiger partial charge is 0.167 e. The zero-order valence-electron chi connectivity index (χ0n) is 11.2. The third-order valence-electron chi connectivity index (χ3n) is 2.39. The summed E-state index contributed by atoms with van der Waals surface area (Å²) >= 11 is -1.29. The first-order chi connectivity index (χ1) is 8.97. The minimum Gasteiger partial charge on any atom is -0.591 e. The molecule has 0 saturated heterocycles. The Labute approximate surface area is 115 Å². The SMILES string of the molecule is CC(C)(C)[S@@+]([O-])/N=C/c1cc(-c2ccccc2)on1. The molecule has 0 amide bonds. The molecule has 1 aromatic carbocycles. The van der Waals surface area contributed by atoms with Crippen LogP contribution in [0, 0.1) is 0 Å². The van der Waals surface area contributed by atoms with Gasteiger partial charge in [-0.1, -0.05) is 39.9 Å². The van der Waals surface area contributed by atoms with E-state index >= 15 is 0 Å². The molecule has 5 heteroatoms. The van der Waals surface area contributed by atoms with E-state index in [0.29, 0.717) is 11.5 Å². The Kier molecular flexibility index (Phi) is 4.07. The molecule has 0 unspecified atom stereocenters. The number of hydrogen-bond acceptors (Lipinski definition) is 4. The van der Waals surface area contributed by atoms with Crippen LogP contribution in [0.3, 0.4) is 0 Å².